The van der Waals surface area contributed by atoms with Crippen molar-refractivity contribution in [2.24, 2.45) is 10.7 Å². The second-order valence-electron chi connectivity index (χ2n) is 9.29. The first-order chi connectivity index (χ1) is 17.0. The Hall–Kier alpha value is -2.61. The first kappa shape index (κ1) is 25.5. The molecule has 0 aliphatic carbocycles. The highest BCUT2D eigenvalue weighted by molar-refractivity contribution is 7.97. The Morgan fingerprint density at radius 2 is 1.83 bits per heavy atom. The Kier molecular flexibility index (Phi) is 8.65. The SMILES string of the molecule is CCCN(CCC)C(=O)C1=Cc2ccc(-c3cccc(SN4CCC(O)CC4)c3)cc2N=C(N)C1. The summed E-state index contributed by atoms with van der Waals surface area (Å²) in [5.41, 5.74) is 10.9. The molecule has 6 nitrogen and oxygen atoms in total. The summed E-state index contributed by atoms with van der Waals surface area (Å²) in [6.45, 7) is 7.47. The number of rotatable bonds is 8. The molecule has 7 heteroatoms. The van der Waals surface area contributed by atoms with Gasteiger partial charge in [-0.2, -0.15) is 0 Å². The summed E-state index contributed by atoms with van der Waals surface area (Å²) in [4.78, 5) is 21.0. The zero-order chi connectivity index (χ0) is 24.8. The summed E-state index contributed by atoms with van der Waals surface area (Å²) in [6.07, 6.45) is 5.66. The highest BCUT2D eigenvalue weighted by atomic mass is 32.2. The molecule has 4 rings (SSSR count). The number of nitrogens with zero attached hydrogens (tertiary/aromatic N) is 3. The third-order valence-corrected chi connectivity index (χ3v) is 7.46. The quantitative estimate of drug-likeness (QED) is 0.493. The van der Waals surface area contributed by atoms with Gasteiger partial charge in [0.05, 0.1) is 11.8 Å². The molecule has 0 unspecified atom stereocenters. The highest BCUT2D eigenvalue weighted by Gasteiger charge is 2.21. The van der Waals surface area contributed by atoms with Gasteiger partial charge in [0.2, 0.25) is 5.91 Å². The van der Waals surface area contributed by atoms with E-state index in [1.807, 2.05) is 17.0 Å². The van der Waals surface area contributed by atoms with E-state index in [1.54, 1.807) is 11.9 Å². The maximum absolute atomic E-state index is 13.2. The van der Waals surface area contributed by atoms with Crippen LogP contribution in [-0.2, 0) is 4.79 Å². The number of benzene rings is 2. The normalized spacial score (nSPS) is 16.8. The van der Waals surface area contributed by atoms with Crippen molar-refractivity contribution in [3.8, 4) is 11.1 Å². The van der Waals surface area contributed by atoms with Crippen LogP contribution in [0.15, 0.2) is 57.9 Å². The molecule has 0 atom stereocenters. The number of aliphatic imine (C=N–C) groups is 1. The number of aliphatic hydroxyl groups excluding tert-OH is 1. The molecule has 1 amide bonds. The van der Waals surface area contributed by atoms with Crippen LogP contribution in [0.3, 0.4) is 0 Å². The van der Waals surface area contributed by atoms with Gasteiger partial charge in [-0.1, -0.05) is 38.1 Å². The third kappa shape index (κ3) is 6.54. The Labute approximate surface area is 213 Å². The molecule has 0 aromatic heterocycles. The predicted octanol–water partition coefficient (Wildman–Crippen LogP) is 5.24. The minimum absolute atomic E-state index is 0.0544. The van der Waals surface area contributed by atoms with Crippen LogP contribution in [0, 0.1) is 0 Å². The Balaban J connectivity index is 1.57. The van der Waals surface area contributed by atoms with Crippen molar-refractivity contribution in [1.29, 1.82) is 0 Å². The number of hydrogen-bond donors (Lipinski definition) is 2. The van der Waals surface area contributed by atoms with E-state index in [-0.39, 0.29) is 12.0 Å². The number of hydrogen-bond acceptors (Lipinski definition) is 6. The maximum Gasteiger partial charge on any atom is 0.250 e. The number of aliphatic hydroxyl groups is 1. The van der Waals surface area contributed by atoms with Gasteiger partial charge in [-0.3, -0.25) is 4.79 Å². The number of amidine groups is 1. The second-order valence-corrected chi connectivity index (χ2v) is 10.5. The molecule has 2 aromatic carbocycles. The smallest absolute Gasteiger partial charge is 0.250 e. The Bertz CT molecular complexity index is 1100. The zero-order valence-corrected chi connectivity index (χ0v) is 21.6. The number of piperidine rings is 1. The number of nitrogens with two attached hydrogens (primary N) is 1. The largest absolute Gasteiger partial charge is 0.393 e. The fraction of sp³-hybridized carbons (Fsp3) is 0.429. The topological polar surface area (TPSA) is 82.2 Å². The van der Waals surface area contributed by atoms with E-state index in [9.17, 15) is 9.90 Å². The summed E-state index contributed by atoms with van der Waals surface area (Å²) >= 11 is 1.74. The Morgan fingerprint density at radius 1 is 1.11 bits per heavy atom. The van der Waals surface area contributed by atoms with Crippen LogP contribution in [0.2, 0.25) is 0 Å². The van der Waals surface area contributed by atoms with Crippen LogP contribution in [0.1, 0.15) is 51.5 Å². The van der Waals surface area contributed by atoms with Gasteiger partial charge in [0.15, 0.2) is 0 Å². The number of carbonyl (C=O) groups is 1. The molecule has 0 radical (unpaired) electrons. The number of amides is 1. The molecule has 0 saturated carbocycles. The molecule has 2 aromatic rings. The summed E-state index contributed by atoms with van der Waals surface area (Å²) in [5.74, 6) is 0.517. The van der Waals surface area contributed by atoms with Crippen molar-refractivity contribution in [1.82, 2.24) is 9.21 Å². The van der Waals surface area contributed by atoms with Crippen molar-refractivity contribution >= 4 is 35.5 Å². The van der Waals surface area contributed by atoms with Crippen molar-refractivity contribution < 1.29 is 9.90 Å². The molecule has 1 fully saturated rings. The molecule has 186 valence electrons. The van der Waals surface area contributed by atoms with Crippen molar-refractivity contribution in [3.63, 3.8) is 0 Å². The lowest BCUT2D eigenvalue weighted by Gasteiger charge is -2.28. The van der Waals surface area contributed by atoms with Gasteiger partial charge >= 0.3 is 0 Å². The third-order valence-electron chi connectivity index (χ3n) is 6.37. The van der Waals surface area contributed by atoms with Crippen molar-refractivity contribution in [2.45, 2.75) is 57.0 Å². The van der Waals surface area contributed by atoms with Crippen LogP contribution in [0.4, 0.5) is 5.69 Å². The van der Waals surface area contributed by atoms with Gasteiger partial charge in [-0.25, -0.2) is 9.30 Å². The number of fused-ring (bicyclic) bond motifs is 1. The minimum Gasteiger partial charge on any atom is -0.393 e. The molecule has 3 N–H and O–H groups in total. The predicted molar refractivity (Wildman–Crippen MR) is 146 cm³/mol. The lowest BCUT2D eigenvalue weighted by molar-refractivity contribution is -0.127. The number of carbonyl (C=O) groups excluding carboxylic acids is 1. The zero-order valence-electron chi connectivity index (χ0n) is 20.7. The molecule has 35 heavy (non-hydrogen) atoms. The lowest BCUT2D eigenvalue weighted by Crippen LogP contribution is -2.34. The van der Waals surface area contributed by atoms with E-state index in [4.69, 9.17) is 5.73 Å². The molecule has 2 heterocycles. The highest BCUT2D eigenvalue weighted by Crippen LogP contribution is 2.34. The average molecular weight is 493 g/mol. The molecular formula is C28H36N4O2S. The van der Waals surface area contributed by atoms with Gasteiger partial charge in [0, 0.05) is 48.6 Å². The first-order valence-electron chi connectivity index (χ1n) is 12.6. The lowest BCUT2D eigenvalue weighted by atomic mass is 10.0. The van der Waals surface area contributed by atoms with Gasteiger partial charge in [-0.15, -0.1) is 0 Å². The fourth-order valence-electron chi connectivity index (χ4n) is 4.58. The van der Waals surface area contributed by atoms with Gasteiger partial charge in [-0.05, 0) is 73.0 Å². The monoisotopic (exact) mass is 492 g/mol. The first-order valence-corrected chi connectivity index (χ1v) is 13.4. The van der Waals surface area contributed by atoms with E-state index < -0.39 is 0 Å². The molecule has 0 spiro atoms. The van der Waals surface area contributed by atoms with E-state index in [2.05, 4.69) is 59.5 Å². The van der Waals surface area contributed by atoms with Crippen molar-refractivity contribution in [3.05, 3.63) is 53.6 Å². The summed E-state index contributed by atoms with van der Waals surface area (Å²) in [7, 11) is 0. The van der Waals surface area contributed by atoms with Crippen molar-refractivity contribution in [2.75, 3.05) is 26.2 Å². The van der Waals surface area contributed by atoms with Gasteiger partial charge in [0.25, 0.3) is 0 Å². The van der Waals surface area contributed by atoms with E-state index in [0.717, 1.165) is 74.2 Å². The molecule has 1 saturated heterocycles. The molecular weight excluding hydrogens is 456 g/mol. The summed E-state index contributed by atoms with van der Waals surface area (Å²) in [6, 6.07) is 14.7. The van der Waals surface area contributed by atoms with Crippen LogP contribution < -0.4 is 5.73 Å². The van der Waals surface area contributed by atoms with Gasteiger partial charge in [0.1, 0.15) is 5.84 Å². The van der Waals surface area contributed by atoms with Crippen LogP contribution in [0.25, 0.3) is 17.2 Å². The van der Waals surface area contributed by atoms with Crippen LogP contribution >= 0.6 is 11.9 Å². The summed E-state index contributed by atoms with van der Waals surface area (Å²) < 4.78 is 2.32. The van der Waals surface area contributed by atoms with Gasteiger partial charge < -0.3 is 15.7 Å². The standard InChI is InChI=1S/C28H36N4O2S/c1-3-12-31(13-4-2)28(34)23-16-22-9-8-21(18-26(22)30-27(29)19-23)20-6-5-7-25(17-20)35-32-14-10-24(33)11-15-32/h5-9,16-18,24,33H,3-4,10-15,19H2,1-2H3,(H2,29,30). The second kappa shape index (κ2) is 11.9. The van der Waals surface area contributed by atoms with E-state index >= 15 is 0 Å². The summed E-state index contributed by atoms with van der Waals surface area (Å²) in [5, 5.41) is 9.76. The average Bonchev–Trinajstić information content (AvgIpc) is 3.02. The van der Waals surface area contributed by atoms with Crippen LogP contribution in [-0.4, -0.2) is 58.3 Å². The molecule has 2 aliphatic heterocycles. The molecule has 0 bridgehead atoms. The van der Waals surface area contributed by atoms with E-state index in [1.165, 1.54) is 4.90 Å². The fourth-order valence-corrected chi connectivity index (χ4v) is 5.59. The van der Waals surface area contributed by atoms with Crippen LogP contribution in [0.5, 0.6) is 0 Å². The minimum atomic E-state index is -0.169. The molecule has 2 aliphatic rings. The maximum atomic E-state index is 13.2. The Morgan fingerprint density at radius 3 is 2.54 bits per heavy atom. The van der Waals surface area contributed by atoms with E-state index in [0.29, 0.717) is 17.8 Å².